The first-order valence-corrected chi connectivity index (χ1v) is 7.58. The highest BCUT2D eigenvalue weighted by molar-refractivity contribution is 5.34. The molecule has 20 heavy (non-hydrogen) atoms. The van der Waals surface area contributed by atoms with Crippen LogP contribution in [0.4, 0.5) is 0 Å². The number of rotatable bonds is 4. The number of nitrogens with two attached hydrogens (primary N) is 1. The molecule has 112 valence electrons. The van der Waals surface area contributed by atoms with E-state index in [1.54, 1.807) is 7.11 Å². The zero-order chi connectivity index (χ0) is 14.8. The van der Waals surface area contributed by atoms with Crippen LogP contribution in [0, 0.1) is 5.92 Å². The monoisotopic (exact) mass is 276 g/mol. The number of methoxy groups -OCH3 is 1. The molecule has 0 amide bonds. The van der Waals surface area contributed by atoms with Crippen LogP contribution in [0.15, 0.2) is 24.3 Å². The second-order valence-corrected chi connectivity index (χ2v) is 6.32. The van der Waals surface area contributed by atoms with Crippen LogP contribution in [0.1, 0.15) is 32.3 Å². The van der Waals surface area contributed by atoms with Gasteiger partial charge < -0.3 is 15.4 Å². The fourth-order valence-electron chi connectivity index (χ4n) is 3.75. The molecule has 1 fully saturated rings. The average Bonchev–Trinajstić information content (AvgIpc) is 2.45. The van der Waals surface area contributed by atoms with E-state index in [0.717, 1.165) is 25.3 Å². The Morgan fingerprint density at radius 1 is 1.30 bits per heavy atom. The zero-order valence-electron chi connectivity index (χ0n) is 13.2. The summed E-state index contributed by atoms with van der Waals surface area (Å²) in [4.78, 5) is 2.46. The molecule has 1 aromatic rings. The van der Waals surface area contributed by atoms with Crippen molar-refractivity contribution >= 4 is 0 Å². The maximum absolute atomic E-state index is 5.94. The van der Waals surface area contributed by atoms with Crippen molar-refractivity contribution in [2.24, 2.45) is 11.7 Å². The van der Waals surface area contributed by atoms with Gasteiger partial charge in [0.2, 0.25) is 0 Å². The molecule has 3 heteroatoms. The van der Waals surface area contributed by atoms with Gasteiger partial charge in [-0.1, -0.05) is 19.1 Å². The minimum atomic E-state index is 0.201. The quantitative estimate of drug-likeness (QED) is 0.919. The van der Waals surface area contributed by atoms with Gasteiger partial charge in [-0.3, -0.25) is 0 Å². The van der Waals surface area contributed by atoms with Gasteiger partial charge in [0.15, 0.2) is 0 Å². The summed E-state index contributed by atoms with van der Waals surface area (Å²) in [6.07, 6.45) is 2.23. The summed E-state index contributed by atoms with van der Waals surface area (Å²) in [5.74, 6) is 1.53. The Morgan fingerprint density at radius 2 is 1.95 bits per heavy atom. The van der Waals surface area contributed by atoms with Gasteiger partial charge in [0.05, 0.1) is 7.11 Å². The first kappa shape index (κ1) is 15.3. The van der Waals surface area contributed by atoms with E-state index >= 15 is 0 Å². The fourth-order valence-corrected chi connectivity index (χ4v) is 3.75. The molecule has 1 aliphatic rings. The van der Waals surface area contributed by atoms with E-state index in [9.17, 15) is 0 Å². The average molecular weight is 276 g/mol. The van der Waals surface area contributed by atoms with E-state index in [2.05, 4.69) is 50.1 Å². The summed E-state index contributed by atoms with van der Waals surface area (Å²) >= 11 is 0. The summed E-state index contributed by atoms with van der Waals surface area (Å²) in [5.41, 5.74) is 7.56. The van der Waals surface area contributed by atoms with Gasteiger partial charge >= 0.3 is 0 Å². The van der Waals surface area contributed by atoms with Crippen LogP contribution in [-0.4, -0.2) is 38.2 Å². The van der Waals surface area contributed by atoms with Crippen molar-refractivity contribution in [3.63, 3.8) is 0 Å². The second-order valence-electron chi connectivity index (χ2n) is 6.32. The lowest BCUT2D eigenvalue weighted by molar-refractivity contribution is 0.0703. The third kappa shape index (κ3) is 2.70. The van der Waals surface area contributed by atoms with Crippen molar-refractivity contribution in [1.29, 1.82) is 0 Å². The van der Waals surface area contributed by atoms with Crippen molar-refractivity contribution in [2.75, 3.05) is 27.2 Å². The molecule has 0 aromatic heterocycles. The number of benzene rings is 1. The highest BCUT2D eigenvalue weighted by Gasteiger charge is 2.43. The van der Waals surface area contributed by atoms with Gasteiger partial charge in [0.1, 0.15) is 5.75 Å². The Bertz CT molecular complexity index is 431. The van der Waals surface area contributed by atoms with E-state index in [0.29, 0.717) is 12.0 Å². The van der Waals surface area contributed by atoms with Gasteiger partial charge in [-0.2, -0.15) is 0 Å². The van der Waals surface area contributed by atoms with E-state index in [-0.39, 0.29) is 5.41 Å². The van der Waals surface area contributed by atoms with Crippen molar-refractivity contribution < 1.29 is 4.74 Å². The summed E-state index contributed by atoms with van der Waals surface area (Å²) in [6.45, 7) is 6.56. The van der Waals surface area contributed by atoms with Gasteiger partial charge in [0.25, 0.3) is 0 Å². The summed E-state index contributed by atoms with van der Waals surface area (Å²) < 4.78 is 5.28. The van der Waals surface area contributed by atoms with Crippen molar-refractivity contribution in [3.8, 4) is 5.75 Å². The third-order valence-electron chi connectivity index (χ3n) is 5.17. The molecule has 1 heterocycles. The van der Waals surface area contributed by atoms with Crippen LogP contribution >= 0.6 is 0 Å². The Balaban J connectivity index is 2.37. The Kier molecular flexibility index (Phi) is 4.71. The Labute approximate surface area is 123 Å². The van der Waals surface area contributed by atoms with E-state index in [4.69, 9.17) is 10.5 Å². The highest BCUT2D eigenvalue weighted by Crippen LogP contribution is 2.44. The maximum Gasteiger partial charge on any atom is 0.118 e. The van der Waals surface area contributed by atoms with Gasteiger partial charge in [-0.25, -0.2) is 0 Å². The molecule has 0 saturated carbocycles. The number of hydrogen-bond donors (Lipinski definition) is 1. The first-order chi connectivity index (χ1) is 9.53. The fraction of sp³-hybridized carbons (Fsp3) is 0.647. The predicted octanol–water partition coefficient (Wildman–Crippen LogP) is 2.64. The molecular weight excluding hydrogens is 248 g/mol. The van der Waals surface area contributed by atoms with Crippen LogP contribution < -0.4 is 10.5 Å². The summed E-state index contributed by atoms with van der Waals surface area (Å²) in [6, 6.07) is 9.19. The Morgan fingerprint density at radius 3 is 2.50 bits per heavy atom. The molecule has 2 N–H and O–H groups in total. The third-order valence-corrected chi connectivity index (χ3v) is 5.17. The van der Waals surface area contributed by atoms with Crippen LogP contribution in [0.3, 0.4) is 0 Å². The number of hydrogen-bond acceptors (Lipinski definition) is 3. The van der Waals surface area contributed by atoms with Crippen molar-refractivity contribution in [2.45, 2.75) is 38.1 Å². The van der Waals surface area contributed by atoms with Crippen molar-refractivity contribution in [1.82, 2.24) is 4.90 Å². The van der Waals surface area contributed by atoms with Crippen LogP contribution in [0.25, 0.3) is 0 Å². The number of nitrogens with zero attached hydrogens (tertiary/aromatic N) is 1. The molecule has 3 atom stereocenters. The first-order valence-electron chi connectivity index (χ1n) is 7.58. The molecule has 0 bridgehead atoms. The second kappa shape index (κ2) is 6.15. The van der Waals surface area contributed by atoms with Crippen LogP contribution in [0.2, 0.25) is 0 Å². The molecule has 1 aliphatic heterocycles. The standard InChI is InChI=1S/C17H28N2O/c1-13-12-19(3)14(2)11-17(13,9-10-18)15-5-7-16(20-4)8-6-15/h5-8,13-14H,9-12,18H2,1-4H3/t13-,14+,17-/m0/s1. The zero-order valence-corrected chi connectivity index (χ0v) is 13.2. The SMILES string of the molecule is COc1ccc([C@@]2(CCN)C[C@@H](C)N(C)C[C@@H]2C)cc1. The predicted molar refractivity (Wildman–Crippen MR) is 84.2 cm³/mol. The Hall–Kier alpha value is -1.06. The maximum atomic E-state index is 5.94. The molecule has 0 spiro atoms. The van der Waals surface area contributed by atoms with Crippen molar-refractivity contribution in [3.05, 3.63) is 29.8 Å². The number of likely N-dealkylation sites (tertiary alicyclic amines) is 1. The summed E-state index contributed by atoms with van der Waals surface area (Å²) in [7, 11) is 3.94. The molecule has 0 unspecified atom stereocenters. The van der Waals surface area contributed by atoms with E-state index in [1.807, 2.05) is 0 Å². The van der Waals surface area contributed by atoms with E-state index < -0.39 is 0 Å². The largest absolute Gasteiger partial charge is 0.497 e. The molecule has 1 aromatic carbocycles. The highest BCUT2D eigenvalue weighted by atomic mass is 16.5. The molecule has 1 saturated heterocycles. The van der Waals surface area contributed by atoms with Gasteiger partial charge in [0, 0.05) is 18.0 Å². The summed E-state index contributed by atoms with van der Waals surface area (Å²) in [5, 5.41) is 0. The normalized spacial score (nSPS) is 31.2. The lowest BCUT2D eigenvalue weighted by Crippen LogP contribution is -2.52. The van der Waals surface area contributed by atoms with Gasteiger partial charge in [-0.15, -0.1) is 0 Å². The smallest absolute Gasteiger partial charge is 0.118 e. The lowest BCUT2D eigenvalue weighted by atomic mass is 9.63. The number of ether oxygens (including phenoxy) is 1. The van der Waals surface area contributed by atoms with E-state index in [1.165, 1.54) is 12.0 Å². The molecule has 0 radical (unpaired) electrons. The molecular formula is C17H28N2O. The molecule has 0 aliphatic carbocycles. The van der Waals surface area contributed by atoms with Gasteiger partial charge in [-0.05, 0) is 57.0 Å². The topological polar surface area (TPSA) is 38.5 Å². The minimum Gasteiger partial charge on any atom is -0.497 e. The molecule has 3 nitrogen and oxygen atoms in total. The minimum absolute atomic E-state index is 0.201. The lowest BCUT2D eigenvalue weighted by Gasteiger charge is -2.49. The van der Waals surface area contributed by atoms with Crippen LogP contribution in [-0.2, 0) is 5.41 Å². The number of piperidine rings is 1. The van der Waals surface area contributed by atoms with Crippen LogP contribution in [0.5, 0.6) is 5.75 Å². The molecule has 2 rings (SSSR count).